The van der Waals surface area contributed by atoms with Crippen molar-refractivity contribution in [2.24, 2.45) is 0 Å². The molecule has 0 N–H and O–H groups in total. The molecule has 1 aliphatic rings. The lowest BCUT2D eigenvalue weighted by Crippen LogP contribution is -2.54. The van der Waals surface area contributed by atoms with Crippen LogP contribution in [0.4, 0.5) is 0 Å². The Morgan fingerprint density at radius 1 is 1.43 bits per heavy atom. The van der Waals surface area contributed by atoms with Gasteiger partial charge in [0.25, 0.3) is 0 Å². The molecule has 4 heteroatoms. The Bertz CT molecular complexity index is 238. The molecule has 4 nitrogen and oxygen atoms in total. The number of rotatable bonds is 2. The van der Waals surface area contributed by atoms with Crippen LogP contribution in [0.5, 0.6) is 0 Å². The van der Waals surface area contributed by atoms with Gasteiger partial charge in [0, 0.05) is 25.6 Å². The molecule has 0 aromatic carbocycles. The summed E-state index contributed by atoms with van der Waals surface area (Å²) in [6, 6.07) is 0.237. The van der Waals surface area contributed by atoms with E-state index >= 15 is 0 Å². The summed E-state index contributed by atoms with van der Waals surface area (Å²) in [4.78, 5) is 26.4. The Morgan fingerprint density at radius 3 is 2.50 bits per heavy atom. The fourth-order valence-corrected chi connectivity index (χ4v) is 1.67. The molecule has 1 heterocycles. The maximum atomic E-state index is 11.6. The van der Waals surface area contributed by atoms with Gasteiger partial charge in [-0.3, -0.25) is 9.59 Å². The first-order chi connectivity index (χ1) is 6.56. The van der Waals surface area contributed by atoms with Gasteiger partial charge >= 0.3 is 0 Å². The summed E-state index contributed by atoms with van der Waals surface area (Å²) in [5.41, 5.74) is 0. The van der Waals surface area contributed by atoms with E-state index < -0.39 is 0 Å². The van der Waals surface area contributed by atoms with Gasteiger partial charge < -0.3 is 9.80 Å². The first kappa shape index (κ1) is 11.0. The Hall–Kier alpha value is -1.06. The highest BCUT2D eigenvalue weighted by atomic mass is 16.2. The lowest BCUT2D eigenvalue weighted by Gasteiger charge is -2.36. The van der Waals surface area contributed by atoms with Crippen LogP contribution in [0.3, 0.4) is 0 Å². The van der Waals surface area contributed by atoms with Crippen LogP contribution in [0.25, 0.3) is 0 Å². The van der Waals surface area contributed by atoms with E-state index in [1.54, 1.807) is 4.90 Å². The Labute approximate surface area is 84.9 Å². The molecule has 1 fully saturated rings. The van der Waals surface area contributed by atoms with Crippen molar-refractivity contribution in [2.75, 3.05) is 19.6 Å². The van der Waals surface area contributed by atoms with Crippen LogP contribution >= 0.6 is 0 Å². The van der Waals surface area contributed by atoms with Crippen LogP contribution in [-0.2, 0) is 9.59 Å². The number of carbonyl (C=O) groups is 2. The first-order valence-corrected chi connectivity index (χ1v) is 5.13. The molecule has 0 unspecified atom stereocenters. The van der Waals surface area contributed by atoms with Crippen LogP contribution in [0, 0.1) is 0 Å². The second-order valence-corrected chi connectivity index (χ2v) is 3.85. The standard InChI is InChI=1S/C10H18N2O2/c1-4-9(13)11-5-6-12(8(2)3)10(14)7-11/h8H,4-7H2,1-3H3. The Balaban J connectivity index is 2.55. The molecule has 0 aromatic heterocycles. The van der Waals surface area contributed by atoms with E-state index in [9.17, 15) is 9.59 Å². The van der Waals surface area contributed by atoms with Gasteiger partial charge in [-0.1, -0.05) is 6.92 Å². The molecule has 0 saturated carbocycles. The zero-order valence-electron chi connectivity index (χ0n) is 9.12. The van der Waals surface area contributed by atoms with Gasteiger partial charge in [0.15, 0.2) is 0 Å². The highest BCUT2D eigenvalue weighted by molar-refractivity contribution is 5.86. The first-order valence-electron chi connectivity index (χ1n) is 5.13. The molecule has 80 valence electrons. The van der Waals surface area contributed by atoms with Crippen molar-refractivity contribution in [3.63, 3.8) is 0 Å². The van der Waals surface area contributed by atoms with Crippen molar-refractivity contribution in [2.45, 2.75) is 33.2 Å². The maximum Gasteiger partial charge on any atom is 0.242 e. The summed E-state index contributed by atoms with van der Waals surface area (Å²) >= 11 is 0. The second kappa shape index (κ2) is 4.44. The molecule has 2 amide bonds. The van der Waals surface area contributed by atoms with Crippen LogP contribution in [0.15, 0.2) is 0 Å². The van der Waals surface area contributed by atoms with Crippen LogP contribution in [-0.4, -0.2) is 47.3 Å². The molecule has 1 aliphatic heterocycles. The topological polar surface area (TPSA) is 40.6 Å². The number of piperazine rings is 1. The van der Waals surface area contributed by atoms with Crippen LogP contribution < -0.4 is 0 Å². The molecule has 1 saturated heterocycles. The fourth-order valence-electron chi connectivity index (χ4n) is 1.67. The second-order valence-electron chi connectivity index (χ2n) is 3.85. The smallest absolute Gasteiger partial charge is 0.242 e. The predicted molar refractivity (Wildman–Crippen MR) is 53.7 cm³/mol. The average molecular weight is 198 g/mol. The van der Waals surface area contributed by atoms with Crippen molar-refractivity contribution in [1.82, 2.24) is 9.80 Å². The normalized spacial score (nSPS) is 17.9. The maximum absolute atomic E-state index is 11.6. The molecule has 0 aromatic rings. The summed E-state index contributed by atoms with van der Waals surface area (Å²) in [6.07, 6.45) is 0.481. The van der Waals surface area contributed by atoms with Crippen molar-refractivity contribution in [3.8, 4) is 0 Å². The third-order valence-corrected chi connectivity index (χ3v) is 2.54. The SMILES string of the molecule is CCC(=O)N1CCN(C(C)C)C(=O)C1. The van der Waals surface area contributed by atoms with Crippen molar-refractivity contribution < 1.29 is 9.59 Å². The van der Waals surface area contributed by atoms with Gasteiger partial charge in [0.05, 0.1) is 6.54 Å². The number of amides is 2. The monoisotopic (exact) mass is 198 g/mol. The molecule has 0 aliphatic carbocycles. The lowest BCUT2D eigenvalue weighted by molar-refractivity contribution is -0.146. The summed E-state index contributed by atoms with van der Waals surface area (Å²) in [5.74, 6) is 0.134. The van der Waals surface area contributed by atoms with Gasteiger partial charge in [-0.05, 0) is 13.8 Å². The van der Waals surface area contributed by atoms with Crippen molar-refractivity contribution in [3.05, 3.63) is 0 Å². The van der Waals surface area contributed by atoms with Gasteiger partial charge in [-0.2, -0.15) is 0 Å². The minimum absolute atomic E-state index is 0.0630. The average Bonchev–Trinajstić information content (AvgIpc) is 2.15. The highest BCUT2D eigenvalue weighted by Gasteiger charge is 2.27. The Kier molecular flexibility index (Phi) is 3.49. The van der Waals surface area contributed by atoms with Gasteiger partial charge in [0.2, 0.25) is 11.8 Å². The van der Waals surface area contributed by atoms with Crippen LogP contribution in [0.2, 0.25) is 0 Å². The summed E-state index contributed by atoms with van der Waals surface area (Å²) < 4.78 is 0. The van der Waals surface area contributed by atoms with E-state index in [2.05, 4.69) is 0 Å². The largest absolute Gasteiger partial charge is 0.337 e. The number of hydrogen-bond acceptors (Lipinski definition) is 2. The zero-order valence-corrected chi connectivity index (χ0v) is 9.12. The van der Waals surface area contributed by atoms with E-state index in [0.29, 0.717) is 19.5 Å². The molecular formula is C10H18N2O2. The summed E-state index contributed by atoms with van der Waals surface area (Å²) in [5, 5.41) is 0. The van der Waals surface area contributed by atoms with E-state index in [0.717, 1.165) is 0 Å². The molecular weight excluding hydrogens is 180 g/mol. The van der Waals surface area contributed by atoms with Crippen molar-refractivity contribution >= 4 is 11.8 Å². The minimum atomic E-state index is 0.0630. The van der Waals surface area contributed by atoms with Gasteiger partial charge in [-0.25, -0.2) is 0 Å². The van der Waals surface area contributed by atoms with Crippen LogP contribution in [0.1, 0.15) is 27.2 Å². The third-order valence-electron chi connectivity index (χ3n) is 2.54. The van der Waals surface area contributed by atoms with E-state index in [1.165, 1.54) is 0 Å². The molecule has 0 spiro atoms. The zero-order chi connectivity index (χ0) is 10.7. The summed E-state index contributed by atoms with van der Waals surface area (Å²) in [6.45, 7) is 7.41. The van der Waals surface area contributed by atoms with E-state index in [4.69, 9.17) is 0 Å². The fraction of sp³-hybridized carbons (Fsp3) is 0.800. The van der Waals surface area contributed by atoms with Crippen molar-refractivity contribution in [1.29, 1.82) is 0 Å². The van der Waals surface area contributed by atoms with E-state index in [-0.39, 0.29) is 24.4 Å². The molecule has 0 atom stereocenters. The lowest BCUT2D eigenvalue weighted by atomic mass is 10.2. The predicted octanol–water partition coefficient (Wildman–Crippen LogP) is 0.476. The van der Waals surface area contributed by atoms with Gasteiger partial charge in [0.1, 0.15) is 0 Å². The number of carbonyl (C=O) groups excluding carboxylic acids is 2. The highest BCUT2D eigenvalue weighted by Crippen LogP contribution is 2.08. The molecule has 14 heavy (non-hydrogen) atoms. The summed E-state index contributed by atoms with van der Waals surface area (Å²) in [7, 11) is 0. The van der Waals surface area contributed by atoms with E-state index in [1.807, 2.05) is 25.7 Å². The van der Waals surface area contributed by atoms with Gasteiger partial charge in [-0.15, -0.1) is 0 Å². The molecule has 0 radical (unpaired) electrons. The number of hydrogen-bond donors (Lipinski definition) is 0. The number of nitrogens with zero attached hydrogens (tertiary/aromatic N) is 2. The Morgan fingerprint density at radius 2 is 2.07 bits per heavy atom. The molecule has 1 rings (SSSR count). The molecule has 0 bridgehead atoms. The third kappa shape index (κ3) is 2.25. The quantitative estimate of drug-likeness (QED) is 0.647. The minimum Gasteiger partial charge on any atom is -0.337 e.